The maximum Gasteiger partial charge on any atom is 0.224 e. The van der Waals surface area contributed by atoms with Crippen molar-refractivity contribution in [1.29, 1.82) is 0 Å². The number of carbonyl (C=O) groups is 4. The Kier molecular flexibility index (Phi) is 10.6. The standard InChI is InChI=1S/C33H42N2O8/c1-20(34-31(40)23-8-12-26(37)13-9-23)29(38)18-24(16-21-6-14-27(42-3)15-7-21)32(41)35-28(30(39)33(2)19-43-33)17-22-4-10-25(36)11-5-22/h4-7,10-11,14-15,20,23-24,26,28,36-37H,8-9,12-13,16-19H2,1-3H3,(H,34,40)(H,35,41)/t20-,23?,24-,26?,28+,33-/m1/s1. The van der Waals surface area contributed by atoms with E-state index in [1.165, 1.54) is 12.1 Å². The number of epoxide rings is 1. The van der Waals surface area contributed by atoms with Crippen LogP contribution in [0.15, 0.2) is 48.5 Å². The van der Waals surface area contributed by atoms with Crippen molar-refractivity contribution < 1.29 is 38.9 Å². The molecule has 4 N–H and O–H groups in total. The van der Waals surface area contributed by atoms with Gasteiger partial charge in [-0.05, 0) is 87.8 Å². The molecule has 4 atom stereocenters. The van der Waals surface area contributed by atoms with Crippen LogP contribution >= 0.6 is 0 Å². The first-order chi connectivity index (χ1) is 20.5. The Bertz CT molecular complexity index is 1280. The number of aliphatic hydroxyl groups is 1. The Morgan fingerprint density at radius 1 is 0.953 bits per heavy atom. The van der Waals surface area contributed by atoms with E-state index in [-0.39, 0.29) is 61.1 Å². The van der Waals surface area contributed by atoms with Gasteiger partial charge >= 0.3 is 0 Å². The molecule has 0 radical (unpaired) electrons. The van der Waals surface area contributed by atoms with E-state index in [1.807, 2.05) is 12.1 Å². The first kappa shape index (κ1) is 32.2. The van der Waals surface area contributed by atoms with Crippen molar-refractivity contribution in [2.45, 2.75) is 82.6 Å². The summed E-state index contributed by atoms with van der Waals surface area (Å²) in [7, 11) is 1.56. The van der Waals surface area contributed by atoms with Crippen molar-refractivity contribution in [3.8, 4) is 11.5 Å². The molecule has 0 unspecified atom stereocenters. The predicted molar refractivity (Wildman–Crippen MR) is 158 cm³/mol. The fourth-order valence-corrected chi connectivity index (χ4v) is 5.46. The molecule has 1 saturated heterocycles. The summed E-state index contributed by atoms with van der Waals surface area (Å²) in [5.41, 5.74) is 0.574. The average Bonchev–Trinajstić information content (AvgIpc) is 3.75. The predicted octanol–water partition coefficient (Wildman–Crippen LogP) is 2.66. The number of ketones is 2. The SMILES string of the molecule is COc1ccc(C[C@H](CC(=O)[C@@H](C)NC(=O)C2CCC(O)CC2)C(=O)N[C@@H](Cc2ccc(O)cc2)C(=O)[C@@]2(C)CO2)cc1. The molecule has 2 aliphatic rings. The summed E-state index contributed by atoms with van der Waals surface area (Å²) < 4.78 is 10.6. The molecule has 2 amide bonds. The largest absolute Gasteiger partial charge is 0.508 e. The zero-order valence-corrected chi connectivity index (χ0v) is 25.0. The van der Waals surface area contributed by atoms with E-state index in [4.69, 9.17) is 9.47 Å². The van der Waals surface area contributed by atoms with Crippen LogP contribution in [-0.4, -0.2) is 71.1 Å². The quantitative estimate of drug-likeness (QED) is 0.244. The van der Waals surface area contributed by atoms with Crippen molar-refractivity contribution in [2.75, 3.05) is 13.7 Å². The van der Waals surface area contributed by atoms with Crippen LogP contribution in [0.4, 0.5) is 0 Å². The Labute approximate surface area is 252 Å². The minimum absolute atomic E-state index is 0.0912. The number of nitrogens with one attached hydrogen (secondary N) is 2. The first-order valence-electron chi connectivity index (χ1n) is 14.9. The summed E-state index contributed by atoms with van der Waals surface area (Å²) in [4.78, 5) is 53.3. The lowest BCUT2D eigenvalue weighted by molar-refractivity contribution is -0.135. The highest BCUT2D eigenvalue weighted by Crippen LogP contribution is 2.30. The van der Waals surface area contributed by atoms with Gasteiger partial charge in [0.25, 0.3) is 0 Å². The molecule has 0 aromatic heterocycles. The lowest BCUT2D eigenvalue weighted by Gasteiger charge is -2.26. The van der Waals surface area contributed by atoms with Gasteiger partial charge < -0.3 is 30.3 Å². The normalized spacial score (nSPS) is 23.3. The number of aromatic hydroxyl groups is 1. The van der Waals surface area contributed by atoms with Crippen LogP contribution in [-0.2, 0) is 36.8 Å². The zero-order valence-electron chi connectivity index (χ0n) is 25.0. The minimum Gasteiger partial charge on any atom is -0.508 e. The lowest BCUT2D eigenvalue weighted by Crippen LogP contribution is -2.50. The van der Waals surface area contributed by atoms with Crippen LogP contribution in [0.3, 0.4) is 0 Å². The number of carbonyl (C=O) groups excluding carboxylic acids is 4. The van der Waals surface area contributed by atoms with Crippen LogP contribution in [0.25, 0.3) is 0 Å². The fourth-order valence-electron chi connectivity index (χ4n) is 5.46. The van der Waals surface area contributed by atoms with Crippen LogP contribution < -0.4 is 15.4 Å². The number of hydrogen-bond acceptors (Lipinski definition) is 8. The van der Waals surface area contributed by atoms with E-state index >= 15 is 0 Å². The third-order valence-corrected chi connectivity index (χ3v) is 8.48. The summed E-state index contributed by atoms with van der Waals surface area (Å²) in [6.45, 7) is 3.56. The molecule has 2 fully saturated rings. The van der Waals surface area contributed by atoms with Crippen LogP contribution in [0.5, 0.6) is 11.5 Å². The second kappa shape index (κ2) is 14.1. The summed E-state index contributed by atoms with van der Waals surface area (Å²) >= 11 is 0. The zero-order chi connectivity index (χ0) is 31.1. The number of phenolic OH excluding ortho intramolecular Hbond substituents is 1. The van der Waals surface area contributed by atoms with Gasteiger partial charge in [0.05, 0.1) is 31.9 Å². The molecule has 1 aliphatic carbocycles. The second-order valence-electron chi connectivity index (χ2n) is 12.0. The minimum atomic E-state index is -0.982. The third kappa shape index (κ3) is 8.87. The summed E-state index contributed by atoms with van der Waals surface area (Å²) in [5.74, 6) is -1.55. The van der Waals surface area contributed by atoms with E-state index in [1.54, 1.807) is 45.2 Å². The Morgan fingerprint density at radius 2 is 1.53 bits per heavy atom. The molecule has 0 bridgehead atoms. The van der Waals surface area contributed by atoms with Gasteiger partial charge in [-0.2, -0.15) is 0 Å². The van der Waals surface area contributed by atoms with E-state index < -0.39 is 29.5 Å². The second-order valence-corrected chi connectivity index (χ2v) is 12.0. The van der Waals surface area contributed by atoms with Crippen LogP contribution in [0, 0.1) is 11.8 Å². The molecule has 0 spiro atoms. The number of rotatable bonds is 14. The van der Waals surface area contributed by atoms with Gasteiger partial charge in [-0.3, -0.25) is 19.2 Å². The number of ether oxygens (including phenoxy) is 2. The maximum atomic E-state index is 13.8. The van der Waals surface area contributed by atoms with Gasteiger partial charge in [0, 0.05) is 18.3 Å². The van der Waals surface area contributed by atoms with Gasteiger partial charge in [-0.15, -0.1) is 0 Å². The molecule has 10 nitrogen and oxygen atoms in total. The Balaban J connectivity index is 1.49. The molecule has 1 heterocycles. The first-order valence-corrected chi connectivity index (χ1v) is 14.9. The van der Waals surface area contributed by atoms with Gasteiger partial charge in [0.1, 0.15) is 17.1 Å². The molecular formula is C33H42N2O8. The number of amides is 2. The molecule has 43 heavy (non-hydrogen) atoms. The molecule has 1 aliphatic heterocycles. The number of benzene rings is 2. The third-order valence-electron chi connectivity index (χ3n) is 8.48. The molecule has 4 rings (SSSR count). The number of Topliss-reactive ketones (excluding diaryl/α,β-unsaturated/α-hetero) is 2. The van der Waals surface area contributed by atoms with E-state index in [0.29, 0.717) is 31.4 Å². The highest BCUT2D eigenvalue weighted by atomic mass is 16.6. The van der Waals surface area contributed by atoms with Gasteiger partial charge in [-0.1, -0.05) is 24.3 Å². The van der Waals surface area contributed by atoms with Crippen molar-refractivity contribution in [3.05, 3.63) is 59.7 Å². The number of hydrogen-bond donors (Lipinski definition) is 4. The van der Waals surface area contributed by atoms with E-state index in [0.717, 1.165) is 11.1 Å². The van der Waals surface area contributed by atoms with Gasteiger partial charge in [0.15, 0.2) is 11.6 Å². The topological polar surface area (TPSA) is 155 Å². The number of aliphatic hydroxyl groups excluding tert-OH is 1. The average molecular weight is 595 g/mol. The Hall–Kier alpha value is -3.76. The van der Waals surface area contributed by atoms with Crippen molar-refractivity contribution in [2.24, 2.45) is 11.8 Å². The highest BCUT2D eigenvalue weighted by molar-refractivity contribution is 5.98. The highest BCUT2D eigenvalue weighted by Gasteiger charge is 2.50. The van der Waals surface area contributed by atoms with Gasteiger partial charge in [-0.25, -0.2) is 0 Å². The Morgan fingerprint density at radius 3 is 2.12 bits per heavy atom. The number of methoxy groups -OCH3 is 1. The van der Waals surface area contributed by atoms with Crippen molar-refractivity contribution in [1.82, 2.24) is 10.6 Å². The maximum absolute atomic E-state index is 13.8. The van der Waals surface area contributed by atoms with E-state index in [9.17, 15) is 29.4 Å². The summed E-state index contributed by atoms with van der Waals surface area (Å²) in [6, 6.07) is 11.9. The molecule has 10 heteroatoms. The summed E-state index contributed by atoms with van der Waals surface area (Å²) in [6.07, 6.45) is 2.13. The lowest BCUT2D eigenvalue weighted by atomic mass is 9.86. The van der Waals surface area contributed by atoms with Gasteiger partial charge in [0.2, 0.25) is 11.8 Å². The fraction of sp³-hybridized carbons (Fsp3) is 0.515. The summed E-state index contributed by atoms with van der Waals surface area (Å²) in [5, 5.41) is 25.1. The molecule has 2 aromatic rings. The van der Waals surface area contributed by atoms with Crippen molar-refractivity contribution >= 4 is 23.4 Å². The molecule has 1 saturated carbocycles. The molecular weight excluding hydrogens is 552 g/mol. The van der Waals surface area contributed by atoms with Crippen LogP contribution in [0.1, 0.15) is 57.1 Å². The van der Waals surface area contributed by atoms with Crippen molar-refractivity contribution in [3.63, 3.8) is 0 Å². The van der Waals surface area contributed by atoms with Crippen LogP contribution in [0.2, 0.25) is 0 Å². The number of phenols is 1. The monoisotopic (exact) mass is 594 g/mol. The molecule has 232 valence electrons. The smallest absolute Gasteiger partial charge is 0.224 e. The van der Waals surface area contributed by atoms with E-state index in [2.05, 4.69) is 10.6 Å². The molecule has 2 aromatic carbocycles.